The number of anilines is 1. The molecule has 3 heterocycles. The molecule has 1 aliphatic heterocycles. The number of rotatable bonds is 8. The molecule has 6 rings (SSSR count). The Bertz CT molecular complexity index is 1600. The maximum absolute atomic E-state index is 6.06. The summed E-state index contributed by atoms with van der Waals surface area (Å²) in [4.78, 5) is 6.83. The Morgan fingerprint density at radius 1 is 0.750 bits per heavy atom. The normalized spacial score (nSPS) is 16.4. The van der Waals surface area contributed by atoms with Crippen molar-refractivity contribution in [2.24, 2.45) is 0 Å². The summed E-state index contributed by atoms with van der Waals surface area (Å²) < 4.78 is 19.2. The van der Waals surface area contributed by atoms with Crippen LogP contribution in [0.5, 0.6) is 23.0 Å². The number of methoxy groups -OCH3 is 2. The number of aromatic nitrogens is 2. The summed E-state index contributed by atoms with van der Waals surface area (Å²) in [6.07, 6.45) is 3.86. The predicted octanol–water partition coefficient (Wildman–Crippen LogP) is 6.86. The second-order valence-corrected chi connectivity index (χ2v) is 9.63. The van der Waals surface area contributed by atoms with Crippen molar-refractivity contribution in [3.05, 3.63) is 127 Å². The quantitative estimate of drug-likeness (QED) is 0.213. The fourth-order valence-electron chi connectivity index (χ4n) is 5.07. The zero-order chi connectivity index (χ0) is 27.5. The fraction of sp³-hybridized carbons (Fsp3) is 0.125. The molecule has 1 saturated heterocycles. The molecule has 1 aliphatic rings. The highest BCUT2D eigenvalue weighted by atomic mass is 32.1. The summed E-state index contributed by atoms with van der Waals surface area (Å²) in [6, 6.07) is 33.2. The second-order valence-electron chi connectivity index (χ2n) is 9.24. The van der Waals surface area contributed by atoms with Crippen LogP contribution in [0.2, 0.25) is 0 Å². The molecule has 200 valence electrons. The zero-order valence-electron chi connectivity index (χ0n) is 22.1. The summed E-state index contributed by atoms with van der Waals surface area (Å²) in [5.74, 6) is 3.02. The summed E-state index contributed by atoms with van der Waals surface area (Å²) >= 11 is 5.93. The largest absolute Gasteiger partial charge is 0.497 e. The monoisotopic (exact) mass is 548 g/mol. The fourth-order valence-corrected chi connectivity index (χ4v) is 5.42. The minimum atomic E-state index is -0.185. The Kier molecular flexibility index (Phi) is 7.08. The first-order chi connectivity index (χ1) is 19.7. The van der Waals surface area contributed by atoms with E-state index in [9.17, 15) is 0 Å². The van der Waals surface area contributed by atoms with Crippen LogP contribution >= 0.6 is 12.2 Å². The Labute approximate surface area is 238 Å². The number of hydrogen-bond acceptors (Lipinski definition) is 5. The maximum Gasteiger partial charge on any atom is 0.174 e. The zero-order valence-corrected chi connectivity index (χ0v) is 22.9. The van der Waals surface area contributed by atoms with Gasteiger partial charge in [0.1, 0.15) is 29.0 Å². The lowest BCUT2D eigenvalue weighted by Gasteiger charge is -2.29. The van der Waals surface area contributed by atoms with Crippen LogP contribution in [0, 0.1) is 0 Å². The number of hydrogen-bond donors (Lipinski definition) is 1. The molecule has 3 aromatic carbocycles. The second kappa shape index (κ2) is 11.1. The average Bonchev–Trinajstić information content (AvgIpc) is 3.62. The minimum Gasteiger partial charge on any atom is -0.497 e. The van der Waals surface area contributed by atoms with E-state index in [4.69, 9.17) is 26.4 Å². The number of nitrogens with zero attached hydrogens (tertiary/aromatic N) is 3. The molecule has 40 heavy (non-hydrogen) atoms. The number of para-hydroxylation sites is 2. The van der Waals surface area contributed by atoms with Crippen LogP contribution in [-0.4, -0.2) is 28.9 Å². The minimum absolute atomic E-state index is 0.174. The van der Waals surface area contributed by atoms with Crippen LogP contribution in [0.1, 0.15) is 23.5 Å². The lowest BCUT2D eigenvalue weighted by Crippen LogP contribution is -2.30. The van der Waals surface area contributed by atoms with Gasteiger partial charge in [-0.05, 0) is 97.1 Å². The number of pyridine rings is 1. The molecule has 0 saturated carbocycles. The highest BCUT2D eigenvalue weighted by Crippen LogP contribution is 2.43. The van der Waals surface area contributed by atoms with Crippen molar-refractivity contribution in [2.75, 3.05) is 19.1 Å². The molecule has 2 aromatic heterocycles. The van der Waals surface area contributed by atoms with E-state index in [0.717, 1.165) is 45.8 Å². The van der Waals surface area contributed by atoms with E-state index in [0.29, 0.717) is 5.11 Å². The number of benzene rings is 3. The van der Waals surface area contributed by atoms with Gasteiger partial charge in [-0.2, -0.15) is 0 Å². The smallest absolute Gasteiger partial charge is 0.174 e. The van der Waals surface area contributed by atoms with E-state index in [-0.39, 0.29) is 12.1 Å². The van der Waals surface area contributed by atoms with Crippen molar-refractivity contribution in [1.29, 1.82) is 0 Å². The topological polar surface area (TPSA) is 60.8 Å². The first-order valence-electron chi connectivity index (χ1n) is 12.9. The predicted molar refractivity (Wildman–Crippen MR) is 160 cm³/mol. The summed E-state index contributed by atoms with van der Waals surface area (Å²) in [6.45, 7) is 0. The van der Waals surface area contributed by atoms with E-state index in [1.54, 1.807) is 14.2 Å². The van der Waals surface area contributed by atoms with Gasteiger partial charge in [0.15, 0.2) is 5.11 Å². The Balaban J connectivity index is 1.38. The molecule has 0 aliphatic carbocycles. The number of thiocarbonyl (C=S) groups is 1. The van der Waals surface area contributed by atoms with Crippen LogP contribution in [0.25, 0.3) is 5.69 Å². The molecule has 0 unspecified atom stereocenters. The van der Waals surface area contributed by atoms with Crippen molar-refractivity contribution >= 4 is 23.0 Å². The molecule has 2 atom stereocenters. The Hall–Kier alpha value is -4.82. The van der Waals surface area contributed by atoms with E-state index < -0.39 is 0 Å². The summed E-state index contributed by atoms with van der Waals surface area (Å²) in [5.41, 5.74) is 3.84. The first kappa shape index (κ1) is 25.5. The van der Waals surface area contributed by atoms with E-state index in [1.807, 2.05) is 103 Å². The van der Waals surface area contributed by atoms with Crippen molar-refractivity contribution in [3.63, 3.8) is 0 Å². The molecule has 0 bridgehead atoms. The van der Waals surface area contributed by atoms with Crippen LogP contribution in [0.3, 0.4) is 0 Å². The lowest BCUT2D eigenvalue weighted by molar-refractivity contribution is 0.412. The van der Waals surface area contributed by atoms with E-state index in [1.165, 1.54) is 0 Å². The SMILES string of the molecule is COc1ccc(Oc2ccc(N3C(=S)N[C@H](c4ccccn4)[C@@H]3c3cccn3-c3ccccc3OC)cc2)cc1. The molecule has 0 radical (unpaired) electrons. The number of nitrogens with one attached hydrogen (secondary N) is 1. The summed E-state index contributed by atoms with van der Waals surface area (Å²) in [5, 5.41) is 4.16. The Morgan fingerprint density at radius 3 is 2.15 bits per heavy atom. The molecular weight excluding hydrogens is 520 g/mol. The molecule has 0 spiro atoms. The van der Waals surface area contributed by atoms with Gasteiger partial charge in [-0.15, -0.1) is 0 Å². The lowest BCUT2D eigenvalue weighted by atomic mass is 10.0. The molecule has 7 nitrogen and oxygen atoms in total. The van der Waals surface area contributed by atoms with Gasteiger partial charge in [0.2, 0.25) is 0 Å². The third-order valence-electron chi connectivity index (χ3n) is 6.94. The van der Waals surface area contributed by atoms with Gasteiger partial charge in [0, 0.05) is 23.8 Å². The first-order valence-corrected chi connectivity index (χ1v) is 13.3. The highest BCUT2D eigenvalue weighted by molar-refractivity contribution is 7.80. The van der Waals surface area contributed by atoms with Crippen LogP contribution < -0.4 is 24.4 Å². The molecule has 0 amide bonds. The van der Waals surface area contributed by atoms with Gasteiger partial charge >= 0.3 is 0 Å². The van der Waals surface area contributed by atoms with Gasteiger partial charge in [0.05, 0.1) is 31.6 Å². The average molecular weight is 549 g/mol. The molecular formula is C32H28N4O3S. The van der Waals surface area contributed by atoms with Gasteiger partial charge < -0.3 is 29.0 Å². The van der Waals surface area contributed by atoms with Gasteiger partial charge in [-0.1, -0.05) is 18.2 Å². The highest BCUT2D eigenvalue weighted by Gasteiger charge is 2.42. The molecule has 5 aromatic rings. The van der Waals surface area contributed by atoms with Crippen molar-refractivity contribution < 1.29 is 14.2 Å². The maximum atomic E-state index is 6.06. The van der Waals surface area contributed by atoms with Gasteiger partial charge in [-0.25, -0.2) is 0 Å². The third-order valence-corrected chi connectivity index (χ3v) is 7.25. The van der Waals surface area contributed by atoms with E-state index >= 15 is 0 Å². The Morgan fingerprint density at radius 2 is 1.45 bits per heavy atom. The van der Waals surface area contributed by atoms with Crippen LogP contribution in [0.15, 0.2) is 116 Å². The van der Waals surface area contributed by atoms with Gasteiger partial charge in [-0.3, -0.25) is 4.98 Å². The van der Waals surface area contributed by atoms with E-state index in [2.05, 4.69) is 31.9 Å². The summed E-state index contributed by atoms with van der Waals surface area (Å²) in [7, 11) is 3.33. The standard InChI is InChI=1S/C32H28N4O3S/c1-37-23-16-18-25(19-17-23)39-24-14-12-22(13-15-24)36-31(30(34-32(36)40)26-8-5-6-20-33-26)28-10-7-21-35(28)27-9-3-4-11-29(27)38-2/h3-21,30-31H,1-2H3,(H,34,40)/t30-,31+/m1/s1. The van der Waals surface area contributed by atoms with Crippen molar-refractivity contribution in [2.45, 2.75) is 12.1 Å². The number of ether oxygens (including phenoxy) is 3. The van der Waals surface area contributed by atoms with Crippen molar-refractivity contribution in [1.82, 2.24) is 14.9 Å². The molecule has 8 heteroatoms. The van der Waals surface area contributed by atoms with Crippen LogP contribution in [0.4, 0.5) is 5.69 Å². The van der Waals surface area contributed by atoms with Gasteiger partial charge in [0.25, 0.3) is 0 Å². The van der Waals surface area contributed by atoms with Crippen LogP contribution in [-0.2, 0) is 0 Å². The molecule has 1 N–H and O–H groups in total. The van der Waals surface area contributed by atoms with Crippen molar-refractivity contribution in [3.8, 4) is 28.7 Å². The molecule has 1 fully saturated rings. The third kappa shape index (κ3) is 4.85.